The van der Waals surface area contributed by atoms with Crippen molar-refractivity contribution in [3.63, 3.8) is 0 Å². The molecule has 20 heavy (non-hydrogen) atoms. The van der Waals surface area contributed by atoms with Gasteiger partial charge in [0.2, 0.25) is 0 Å². The molecule has 2 unspecified atom stereocenters. The number of rotatable bonds is 4. The average Bonchev–Trinajstić information content (AvgIpc) is 2.71. The van der Waals surface area contributed by atoms with Crippen molar-refractivity contribution in [3.8, 4) is 0 Å². The minimum Gasteiger partial charge on any atom is -0.394 e. The zero-order chi connectivity index (χ0) is 14.5. The number of halogens is 1. The van der Waals surface area contributed by atoms with Crippen molar-refractivity contribution in [2.24, 2.45) is 0 Å². The van der Waals surface area contributed by atoms with E-state index in [9.17, 15) is 5.11 Å². The van der Waals surface area contributed by atoms with Gasteiger partial charge in [-0.15, -0.1) is 0 Å². The summed E-state index contributed by atoms with van der Waals surface area (Å²) in [5, 5.41) is 12.9. The first-order valence-corrected chi connectivity index (χ1v) is 8.31. The quantitative estimate of drug-likeness (QED) is 0.880. The number of hydrogen-bond acceptors (Lipinski definition) is 3. The molecule has 1 saturated heterocycles. The monoisotopic (exact) mass is 340 g/mol. The van der Waals surface area contributed by atoms with Crippen molar-refractivity contribution in [2.45, 2.75) is 44.7 Å². The first-order valence-electron chi connectivity index (χ1n) is 7.51. The molecular formula is C16H25BrN2O. The molecule has 3 nitrogen and oxygen atoms in total. The standard InChI is InChI=1S/C16H25BrN2O/c1-12(18-2)13-7-8-16(15(17)10-13)19-9-5-3-4-6-14(19)11-20/h7-8,10,12,14,18,20H,3-6,9,11H2,1-2H3. The largest absolute Gasteiger partial charge is 0.394 e. The number of aliphatic hydroxyl groups is 1. The molecule has 0 aliphatic carbocycles. The van der Waals surface area contributed by atoms with Gasteiger partial charge >= 0.3 is 0 Å². The third kappa shape index (κ3) is 3.54. The maximum absolute atomic E-state index is 9.65. The molecule has 112 valence electrons. The topological polar surface area (TPSA) is 35.5 Å². The molecule has 0 saturated carbocycles. The van der Waals surface area contributed by atoms with Gasteiger partial charge in [-0.05, 0) is 60.4 Å². The van der Waals surface area contributed by atoms with Crippen molar-refractivity contribution in [2.75, 3.05) is 25.1 Å². The highest BCUT2D eigenvalue weighted by Gasteiger charge is 2.22. The average molecular weight is 341 g/mol. The van der Waals surface area contributed by atoms with E-state index < -0.39 is 0 Å². The van der Waals surface area contributed by atoms with Gasteiger partial charge in [0.25, 0.3) is 0 Å². The van der Waals surface area contributed by atoms with E-state index in [-0.39, 0.29) is 12.6 Å². The molecule has 4 heteroatoms. The van der Waals surface area contributed by atoms with Crippen LogP contribution in [0.4, 0.5) is 5.69 Å². The summed E-state index contributed by atoms with van der Waals surface area (Å²) in [6.07, 6.45) is 4.77. The zero-order valence-corrected chi connectivity index (χ0v) is 14.0. The highest BCUT2D eigenvalue weighted by atomic mass is 79.9. The number of benzene rings is 1. The molecule has 2 rings (SSSR count). The molecule has 1 aliphatic rings. The fraction of sp³-hybridized carbons (Fsp3) is 0.625. The van der Waals surface area contributed by atoms with E-state index in [1.165, 1.54) is 30.5 Å². The van der Waals surface area contributed by atoms with E-state index in [0.717, 1.165) is 17.4 Å². The second-order valence-electron chi connectivity index (χ2n) is 5.60. The zero-order valence-electron chi connectivity index (χ0n) is 12.4. The first-order chi connectivity index (χ1) is 9.67. The molecule has 1 aromatic rings. The van der Waals surface area contributed by atoms with Crippen LogP contribution in [-0.4, -0.2) is 31.3 Å². The lowest BCUT2D eigenvalue weighted by Gasteiger charge is -2.32. The Balaban J connectivity index is 2.26. The fourth-order valence-electron chi connectivity index (χ4n) is 2.88. The van der Waals surface area contributed by atoms with Crippen LogP contribution in [0.1, 0.15) is 44.2 Å². The molecule has 0 bridgehead atoms. The number of nitrogens with one attached hydrogen (secondary N) is 1. The fourth-order valence-corrected chi connectivity index (χ4v) is 3.50. The molecular weight excluding hydrogens is 316 g/mol. The van der Waals surface area contributed by atoms with E-state index in [2.05, 4.69) is 51.3 Å². The van der Waals surface area contributed by atoms with Crippen molar-refractivity contribution >= 4 is 21.6 Å². The molecule has 1 heterocycles. The van der Waals surface area contributed by atoms with E-state index in [1.54, 1.807) is 0 Å². The SMILES string of the molecule is CNC(C)c1ccc(N2CCCCCC2CO)c(Br)c1. The smallest absolute Gasteiger partial charge is 0.0635 e. The van der Waals surface area contributed by atoms with Crippen LogP contribution < -0.4 is 10.2 Å². The predicted octanol–water partition coefficient (Wildman–Crippen LogP) is 3.47. The number of nitrogens with zero attached hydrogens (tertiary/aromatic N) is 1. The molecule has 1 fully saturated rings. The van der Waals surface area contributed by atoms with Gasteiger partial charge in [-0.1, -0.05) is 18.9 Å². The Kier molecular flexibility index (Phi) is 5.87. The van der Waals surface area contributed by atoms with Gasteiger partial charge < -0.3 is 15.3 Å². The summed E-state index contributed by atoms with van der Waals surface area (Å²) >= 11 is 3.71. The summed E-state index contributed by atoms with van der Waals surface area (Å²) in [5.74, 6) is 0. The molecule has 2 atom stereocenters. The Morgan fingerprint density at radius 2 is 2.20 bits per heavy atom. The molecule has 0 radical (unpaired) electrons. The van der Waals surface area contributed by atoms with Crippen LogP contribution >= 0.6 is 15.9 Å². The van der Waals surface area contributed by atoms with E-state index >= 15 is 0 Å². The Bertz CT molecular complexity index is 438. The van der Waals surface area contributed by atoms with Crippen LogP contribution in [0.15, 0.2) is 22.7 Å². The second-order valence-corrected chi connectivity index (χ2v) is 6.45. The minimum absolute atomic E-state index is 0.237. The van der Waals surface area contributed by atoms with Gasteiger partial charge in [0.1, 0.15) is 0 Å². The summed E-state index contributed by atoms with van der Waals surface area (Å²) in [5.41, 5.74) is 2.48. The Hall–Kier alpha value is -0.580. The van der Waals surface area contributed by atoms with Crippen LogP contribution in [0, 0.1) is 0 Å². The van der Waals surface area contributed by atoms with Crippen LogP contribution in [-0.2, 0) is 0 Å². The van der Waals surface area contributed by atoms with Crippen LogP contribution in [0.3, 0.4) is 0 Å². The Morgan fingerprint density at radius 1 is 1.40 bits per heavy atom. The molecule has 1 aromatic carbocycles. The van der Waals surface area contributed by atoms with Crippen molar-refractivity contribution in [1.82, 2.24) is 5.32 Å². The predicted molar refractivity (Wildman–Crippen MR) is 88.3 cm³/mol. The normalized spacial score (nSPS) is 21.6. The highest BCUT2D eigenvalue weighted by molar-refractivity contribution is 9.10. The second kappa shape index (κ2) is 7.43. The molecule has 1 aliphatic heterocycles. The van der Waals surface area contributed by atoms with Gasteiger partial charge in [-0.25, -0.2) is 0 Å². The molecule has 0 spiro atoms. The summed E-state index contributed by atoms with van der Waals surface area (Å²) in [6, 6.07) is 7.15. The number of hydrogen-bond donors (Lipinski definition) is 2. The van der Waals surface area contributed by atoms with Crippen LogP contribution in [0.25, 0.3) is 0 Å². The van der Waals surface area contributed by atoms with E-state index in [0.29, 0.717) is 6.04 Å². The summed E-state index contributed by atoms with van der Waals surface area (Å²) in [4.78, 5) is 2.37. The van der Waals surface area contributed by atoms with Crippen molar-refractivity contribution in [1.29, 1.82) is 0 Å². The molecule has 0 amide bonds. The van der Waals surface area contributed by atoms with Gasteiger partial charge in [0.05, 0.1) is 18.3 Å². The third-order valence-corrected chi connectivity index (χ3v) is 4.94. The van der Waals surface area contributed by atoms with Gasteiger partial charge in [0, 0.05) is 17.1 Å². The maximum Gasteiger partial charge on any atom is 0.0635 e. The number of aliphatic hydroxyl groups excluding tert-OH is 1. The van der Waals surface area contributed by atoms with Gasteiger partial charge in [0.15, 0.2) is 0 Å². The lowest BCUT2D eigenvalue weighted by molar-refractivity contribution is 0.255. The molecule has 0 aromatic heterocycles. The van der Waals surface area contributed by atoms with Gasteiger partial charge in [-0.2, -0.15) is 0 Å². The Morgan fingerprint density at radius 3 is 2.85 bits per heavy atom. The highest BCUT2D eigenvalue weighted by Crippen LogP contribution is 2.33. The summed E-state index contributed by atoms with van der Waals surface area (Å²) in [6.45, 7) is 3.43. The van der Waals surface area contributed by atoms with Gasteiger partial charge in [-0.3, -0.25) is 0 Å². The molecule has 2 N–H and O–H groups in total. The van der Waals surface area contributed by atoms with Crippen molar-refractivity contribution in [3.05, 3.63) is 28.2 Å². The lowest BCUT2D eigenvalue weighted by Crippen LogP contribution is -2.37. The summed E-state index contributed by atoms with van der Waals surface area (Å²) < 4.78 is 1.12. The van der Waals surface area contributed by atoms with E-state index in [4.69, 9.17) is 0 Å². The van der Waals surface area contributed by atoms with Crippen LogP contribution in [0.2, 0.25) is 0 Å². The Labute approximate surface area is 130 Å². The maximum atomic E-state index is 9.65. The minimum atomic E-state index is 0.237. The summed E-state index contributed by atoms with van der Waals surface area (Å²) in [7, 11) is 1.98. The van der Waals surface area contributed by atoms with E-state index in [1.807, 2.05) is 7.05 Å². The van der Waals surface area contributed by atoms with Crippen LogP contribution in [0.5, 0.6) is 0 Å². The van der Waals surface area contributed by atoms with Crippen molar-refractivity contribution < 1.29 is 5.11 Å². The number of anilines is 1. The first kappa shape index (κ1) is 15.8. The lowest BCUT2D eigenvalue weighted by atomic mass is 10.1. The third-order valence-electron chi connectivity index (χ3n) is 4.30.